The monoisotopic (exact) mass is 103 g/mol. The van der Waals surface area contributed by atoms with Crippen molar-refractivity contribution < 1.29 is 0 Å². The van der Waals surface area contributed by atoms with E-state index < -0.39 is 0 Å². The Morgan fingerprint density at radius 1 is 1.67 bits per heavy atom. The minimum atomic E-state index is -0.133. The van der Waals surface area contributed by atoms with Gasteiger partial charge in [-0.1, -0.05) is 13.8 Å². The molecule has 0 aliphatic carbocycles. The lowest BCUT2D eigenvalue weighted by molar-refractivity contribution is 0.730. The number of rotatable bonds is 2. The maximum absolute atomic E-state index is 5.37. The highest BCUT2D eigenvalue weighted by Crippen LogP contribution is 1.94. The first-order chi connectivity index (χ1) is 2.77. The van der Waals surface area contributed by atoms with E-state index in [2.05, 4.69) is 13.8 Å². The minimum absolute atomic E-state index is 0.133. The molecule has 0 bridgehead atoms. The molecule has 6 heavy (non-hydrogen) atoms. The SMILES string of the molecule is CC(C)C[SiH2]N. The minimum Gasteiger partial charge on any atom is -0.356 e. The molecule has 0 aliphatic heterocycles. The van der Waals surface area contributed by atoms with Crippen LogP contribution in [-0.4, -0.2) is 9.68 Å². The second-order valence-electron chi connectivity index (χ2n) is 1.97. The molecule has 38 valence electrons. The van der Waals surface area contributed by atoms with Crippen molar-refractivity contribution in [1.29, 1.82) is 0 Å². The summed E-state index contributed by atoms with van der Waals surface area (Å²) < 4.78 is 0. The molecule has 0 unspecified atom stereocenters. The first-order valence-corrected chi connectivity index (χ1v) is 4.29. The van der Waals surface area contributed by atoms with Crippen LogP contribution in [0.25, 0.3) is 0 Å². The van der Waals surface area contributed by atoms with Gasteiger partial charge < -0.3 is 5.40 Å². The van der Waals surface area contributed by atoms with E-state index in [-0.39, 0.29) is 9.68 Å². The summed E-state index contributed by atoms with van der Waals surface area (Å²) in [5.41, 5.74) is 0. The van der Waals surface area contributed by atoms with Crippen LogP contribution in [0.2, 0.25) is 6.04 Å². The van der Waals surface area contributed by atoms with Crippen molar-refractivity contribution in [1.82, 2.24) is 0 Å². The second kappa shape index (κ2) is 3.37. The van der Waals surface area contributed by atoms with E-state index in [1.165, 1.54) is 6.04 Å². The molecule has 0 aromatic carbocycles. The Hall–Kier alpha value is 0.177. The summed E-state index contributed by atoms with van der Waals surface area (Å²) in [4.78, 5) is 0. The van der Waals surface area contributed by atoms with E-state index in [1.54, 1.807) is 0 Å². The lowest BCUT2D eigenvalue weighted by Crippen LogP contribution is -2.06. The highest BCUT2D eigenvalue weighted by Gasteiger charge is 1.86. The molecule has 0 amide bonds. The van der Waals surface area contributed by atoms with Crippen LogP contribution < -0.4 is 5.40 Å². The molecule has 2 N–H and O–H groups in total. The zero-order chi connectivity index (χ0) is 4.99. The Kier molecular flexibility index (Phi) is 3.47. The lowest BCUT2D eigenvalue weighted by atomic mass is 10.3. The van der Waals surface area contributed by atoms with Gasteiger partial charge >= 0.3 is 0 Å². The topological polar surface area (TPSA) is 26.0 Å². The van der Waals surface area contributed by atoms with Gasteiger partial charge in [0, 0.05) is 0 Å². The van der Waals surface area contributed by atoms with E-state index in [9.17, 15) is 0 Å². The van der Waals surface area contributed by atoms with Crippen LogP contribution in [0.3, 0.4) is 0 Å². The highest BCUT2D eigenvalue weighted by molar-refractivity contribution is 6.30. The molecule has 2 heteroatoms. The zero-order valence-electron chi connectivity index (χ0n) is 4.57. The Balaban J connectivity index is 2.63. The number of nitrogens with two attached hydrogens (primary N) is 1. The quantitative estimate of drug-likeness (QED) is 0.493. The number of hydrogen-bond donors (Lipinski definition) is 1. The molecule has 0 heterocycles. The molecule has 0 saturated heterocycles. The Morgan fingerprint density at radius 3 is 2.17 bits per heavy atom. The summed E-state index contributed by atoms with van der Waals surface area (Å²) in [6.45, 7) is 4.42. The summed E-state index contributed by atoms with van der Waals surface area (Å²) in [7, 11) is -0.133. The summed E-state index contributed by atoms with van der Waals surface area (Å²) >= 11 is 0. The molecule has 0 rings (SSSR count). The summed E-state index contributed by atoms with van der Waals surface area (Å²) in [5, 5.41) is 5.37. The van der Waals surface area contributed by atoms with Crippen molar-refractivity contribution in [3.8, 4) is 0 Å². The maximum atomic E-state index is 5.37. The largest absolute Gasteiger partial charge is 0.356 e. The molecule has 0 fully saturated rings. The van der Waals surface area contributed by atoms with Gasteiger partial charge in [0.2, 0.25) is 0 Å². The van der Waals surface area contributed by atoms with Gasteiger partial charge in [-0.25, -0.2) is 0 Å². The molecule has 0 atom stereocenters. The van der Waals surface area contributed by atoms with Gasteiger partial charge in [-0.15, -0.1) is 0 Å². The van der Waals surface area contributed by atoms with Crippen molar-refractivity contribution in [3.63, 3.8) is 0 Å². The zero-order valence-corrected chi connectivity index (χ0v) is 5.98. The predicted molar refractivity (Wildman–Crippen MR) is 32.4 cm³/mol. The van der Waals surface area contributed by atoms with E-state index in [1.807, 2.05) is 0 Å². The normalized spacial score (nSPS) is 12.0. The first-order valence-electron chi connectivity index (χ1n) is 2.47. The average Bonchev–Trinajstić information content (AvgIpc) is 1.35. The van der Waals surface area contributed by atoms with Gasteiger partial charge in [0.25, 0.3) is 0 Å². The highest BCUT2D eigenvalue weighted by atomic mass is 28.2. The van der Waals surface area contributed by atoms with Crippen molar-refractivity contribution in [3.05, 3.63) is 0 Å². The third kappa shape index (κ3) is 4.18. The van der Waals surface area contributed by atoms with Crippen LogP contribution >= 0.6 is 0 Å². The Labute approximate surface area is 41.8 Å². The fourth-order valence-corrected chi connectivity index (χ4v) is 1.00. The van der Waals surface area contributed by atoms with Gasteiger partial charge in [0.1, 0.15) is 0 Å². The van der Waals surface area contributed by atoms with Gasteiger partial charge in [0.05, 0.1) is 9.68 Å². The molecular weight excluding hydrogens is 90.1 g/mol. The molecule has 1 nitrogen and oxygen atoms in total. The van der Waals surface area contributed by atoms with Gasteiger partial charge in [0.15, 0.2) is 0 Å². The number of hydrogen-bond acceptors (Lipinski definition) is 1. The van der Waals surface area contributed by atoms with E-state index in [4.69, 9.17) is 5.40 Å². The third-order valence-electron chi connectivity index (χ3n) is 0.744. The summed E-state index contributed by atoms with van der Waals surface area (Å²) in [6, 6.07) is 1.29. The molecular formula is C4H13NSi. The second-order valence-corrected chi connectivity index (χ2v) is 3.13. The van der Waals surface area contributed by atoms with Gasteiger partial charge in [-0.2, -0.15) is 0 Å². The van der Waals surface area contributed by atoms with Gasteiger partial charge in [-0.05, 0) is 12.0 Å². The summed E-state index contributed by atoms with van der Waals surface area (Å²) in [5.74, 6) is 0.835. The lowest BCUT2D eigenvalue weighted by Gasteiger charge is -1.95. The van der Waals surface area contributed by atoms with Crippen molar-refractivity contribution in [2.75, 3.05) is 0 Å². The van der Waals surface area contributed by atoms with Crippen LogP contribution in [0.5, 0.6) is 0 Å². The van der Waals surface area contributed by atoms with E-state index in [0.29, 0.717) is 0 Å². The molecule has 0 saturated carbocycles. The molecule has 0 aromatic rings. The standard InChI is InChI=1S/C4H13NSi/c1-4(2)3-6-5/h4H,3,5-6H2,1-2H3. The Bertz CT molecular complexity index is 28.7. The molecule has 0 aromatic heterocycles. The van der Waals surface area contributed by atoms with Gasteiger partial charge in [-0.3, -0.25) is 0 Å². The Morgan fingerprint density at radius 2 is 2.17 bits per heavy atom. The van der Waals surface area contributed by atoms with Crippen LogP contribution in [0.4, 0.5) is 0 Å². The van der Waals surface area contributed by atoms with Crippen LogP contribution in [0.15, 0.2) is 0 Å². The van der Waals surface area contributed by atoms with Crippen molar-refractivity contribution in [2.24, 2.45) is 11.3 Å². The van der Waals surface area contributed by atoms with E-state index in [0.717, 1.165) is 5.92 Å². The maximum Gasteiger partial charge on any atom is 0.0890 e. The van der Waals surface area contributed by atoms with E-state index >= 15 is 0 Å². The third-order valence-corrected chi connectivity index (χ3v) is 2.23. The van der Waals surface area contributed by atoms with Crippen molar-refractivity contribution in [2.45, 2.75) is 19.9 Å². The molecule has 0 aliphatic rings. The molecule has 0 spiro atoms. The fraction of sp³-hybridized carbons (Fsp3) is 1.00. The van der Waals surface area contributed by atoms with Crippen LogP contribution in [-0.2, 0) is 0 Å². The van der Waals surface area contributed by atoms with Crippen LogP contribution in [0, 0.1) is 5.92 Å². The van der Waals surface area contributed by atoms with Crippen molar-refractivity contribution >= 4 is 9.68 Å². The smallest absolute Gasteiger partial charge is 0.0890 e. The summed E-state index contributed by atoms with van der Waals surface area (Å²) in [6.07, 6.45) is 0. The molecule has 0 radical (unpaired) electrons. The fourth-order valence-electron chi connectivity index (χ4n) is 0.333. The first kappa shape index (κ1) is 6.18. The van der Waals surface area contributed by atoms with Crippen LogP contribution in [0.1, 0.15) is 13.8 Å². The average molecular weight is 103 g/mol. The predicted octanol–water partition coefficient (Wildman–Crippen LogP) is 0.103.